The Bertz CT molecular complexity index is 4060. The van der Waals surface area contributed by atoms with Crippen LogP contribution in [0.15, 0.2) is 279 Å². The van der Waals surface area contributed by atoms with Gasteiger partial charge in [0.1, 0.15) is 0 Å². The molecule has 12 aromatic carbocycles. The maximum atomic E-state index is 2.48. The summed E-state index contributed by atoms with van der Waals surface area (Å²) < 4.78 is 2.47. The molecular formula is C68H46N2. The number of nitrogens with zero attached hydrogens (tertiary/aromatic N) is 2. The van der Waals surface area contributed by atoms with Gasteiger partial charge in [0.15, 0.2) is 0 Å². The van der Waals surface area contributed by atoms with Crippen molar-refractivity contribution in [2.45, 2.75) is 0 Å². The van der Waals surface area contributed by atoms with Crippen molar-refractivity contribution in [2.75, 3.05) is 4.90 Å². The molecule has 0 aliphatic rings. The fourth-order valence-electron chi connectivity index (χ4n) is 10.6. The lowest BCUT2D eigenvalue weighted by Gasteiger charge is -2.31. The number of fused-ring (bicyclic) bond motifs is 5. The van der Waals surface area contributed by atoms with Gasteiger partial charge in [-0.2, -0.15) is 0 Å². The summed E-state index contributed by atoms with van der Waals surface area (Å²) in [6.45, 7) is 0. The van der Waals surface area contributed by atoms with Crippen molar-refractivity contribution in [1.82, 2.24) is 4.57 Å². The largest absolute Gasteiger partial charge is 0.309 e. The van der Waals surface area contributed by atoms with Gasteiger partial charge < -0.3 is 9.47 Å². The molecular weight excluding hydrogens is 845 g/mol. The smallest absolute Gasteiger partial charge is 0.0547 e. The molecule has 1 heterocycles. The van der Waals surface area contributed by atoms with Gasteiger partial charge in [-0.1, -0.05) is 212 Å². The van der Waals surface area contributed by atoms with E-state index in [9.17, 15) is 0 Å². The first-order valence-corrected chi connectivity index (χ1v) is 24.1. The van der Waals surface area contributed by atoms with Crippen molar-refractivity contribution in [1.29, 1.82) is 0 Å². The minimum atomic E-state index is 1.07. The van der Waals surface area contributed by atoms with E-state index in [0.29, 0.717) is 0 Å². The number of hydrogen-bond donors (Lipinski definition) is 0. The van der Waals surface area contributed by atoms with Gasteiger partial charge in [-0.25, -0.2) is 0 Å². The van der Waals surface area contributed by atoms with Crippen LogP contribution in [0.3, 0.4) is 0 Å². The Labute approximate surface area is 408 Å². The van der Waals surface area contributed by atoms with E-state index in [0.717, 1.165) is 61.7 Å². The third-order valence-electron chi connectivity index (χ3n) is 13.9. The van der Waals surface area contributed by atoms with Crippen LogP contribution in [-0.4, -0.2) is 4.57 Å². The summed E-state index contributed by atoms with van der Waals surface area (Å²) in [6, 6.07) is 102. The van der Waals surface area contributed by atoms with Crippen LogP contribution in [0, 0.1) is 0 Å². The normalized spacial score (nSPS) is 11.4. The molecule has 0 aliphatic heterocycles. The molecule has 328 valence electrons. The molecule has 0 fully saturated rings. The monoisotopic (exact) mass is 890 g/mol. The van der Waals surface area contributed by atoms with Crippen molar-refractivity contribution < 1.29 is 0 Å². The predicted molar refractivity (Wildman–Crippen MR) is 298 cm³/mol. The molecule has 0 atom stereocenters. The Morgan fingerprint density at radius 3 is 1.46 bits per heavy atom. The zero-order chi connectivity index (χ0) is 46.4. The lowest BCUT2D eigenvalue weighted by molar-refractivity contribution is 1.18. The van der Waals surface area contributed by atoms with Gasteiger partial charge in [-0.15, -0.1) is 0 Å². The van der Waals surface area contributed by atoms with E-state index in [1.807, 2.05) is 0 Å². The number of benzene rings is 12. The Morgan fingerprint density at radius 1 is 0.243 bits per heavy atom. The van der Waals surface area contributed by atoms with Gasteiger partial charge >= 0.3 is 0 Å². The highest BCUT2D eigenvalue weighted by molar-refractivity contribution is 6.14. The second-order valence-electron chi connectivity index (χ2n) is 18.1. The van der Waals surface area contributed by atoms with Gasteiger partial charge in [0.25, 0.3) is 0 Å². The molecule has 2 nitrogen and oxygen atoms in total. The minimum absolute atomic E-state index is 1.07. The topological polar surface area (TPSA) is 8.17 Å². The lowest BCUT2D eigenvalue weighted by Crippen LogP contribution is -2.13. The zero-order valence-electron chi connectivity index (χ0n) is 38.5. The van der Waals surface area contributed by atoms with Crippen molar-refractivity contribution in [3.05, 3.63) is 279 Å². The third-order valence-corrected chi connectivity index (χ3v) is 13.9. The van der Waals surface area contributed by atoms with E-state index in [-0.39, 0.29) is 0 Å². The Balaban J connectivity index is 1.05. The quantitative estimate of drug-likeness (QED) is 0.140. The molecule has 13 rings (SSSR count). The first-order valence-electron chi connectivity index (χ1n) is 24.1. The van der Waals surface area contributed by atoms with Crippen LogP contribution in [0.1, 0.15) is 0 Å². The highest BCUT2D eigenvalue weighted by atomic mass is 15.1. The molecule has 13 aromatic rings. The first-order chi connectivity index (χ1) is 34.7. The molecule has 0 saturated heterocycles. The molecule has 2 heteroatoms. The van der Waals surface area contributed by atoms with Gasteiger partial charge in [-0.3, -0.25) is 0 Å². The maximum absolute atomic E-state index is 2.48. The second kappa shape index (κ2) is 17.4. The number of hydrogen-bond acceptors (Lipinski definition) is 1. The van der Waals surface area contributed by atoms with E-state index in [2.05, 4.69) is 289 Å². The zero-order valence-corrected chi connectivity index (χ0v) is 38.5. The summed E-state index contributed by atoms with van der Waals surface area (Å²) in [5.74, 6) is 0. The SMILES string of the molecule is c1ccc(-c2cccc(N(c3ccc(-c4ccc5ccccc5c4)cc3-c3ccccc3)c3ccc(-c4ccccc4-n4c5ccccc5c5cc6ccccc6cc54)cc3-c3ccccc3)c2)cc1. The Hall–Kier alpha value is -9.24. The fourth-order valence-corrected chi connectivity index (χ4v) is 10.6. The standard InChI is InChI=1S/C68H46N2/c1-4-19-47(20-5-1)52-29-18-30-58(42-52)69(66-39-37-56(43-61(66)49-22-6-2-7-23-49)55-36-35-48-21-10-11-26-51(48)41-55)67-40-38-57(45-62(67)50-24-8-3-9-25-50)59-31-14-16-33-64(59)70-65-34-17-15-32-60(65)63-44-53-27-12-13-28-54(53)46-68(63)70/h1-46H. The van der Waals surface area contributed by atoms with Crippen LogP contribution in [0.4, 0.5) is 17.1 Å². The fraction of sp³-hybridized carbons (Fsp3) is 0. The molecule has 0 saturated carbocycles. The van der Waals surface area contributed by atoms with Gasteiger partial charge in [0, 0.05) is 33.2 Å². The van der Waals surface area contributed by atoms with Gasteiger partial charge in [0.05, 0.1) is 28.1 Å². The van der Waals surface area contributed by atoms with Crippen molar-refractivity contribution in [3.63, 3.8) is 0 Å². The van der Waals surface area contributed by atoms with Gasteiger partial charge in [-0.05, 0) is 127 Å². The molecule has 0 bridgehead atoms. The number of aromatic nitrogens is 1. The summed E-state index contributed by atoms with van der Waals surface area (Å²) in [4.78, 5) is 2.48. The molecule has 70 heavy (non-hydrogen) atoms. The molecule has 0 radical (unpaired) electrons. The van der Waals surface area contributed by atoms with Crippen LogP contribution in [-0.2, 0) is 0 Å². The molecule has 0 N–H and O–H groups in total. The average molecular weight is 891 g/mol. The highest BCUT2D eigenvalue weighted by Gasteiger charge is 2.24. The van der Waals surface area contributed by atoms with E-state index >= 15 is 0 Å². The Kier molecular flexibility index (Phi) is 10.2. The van der Waals surface area contributed by atoms with E-state index in [1.165, 1.54) is 60.0 Å². The maximum Gasteiger partial charge on any atom is 0.0547 e. The summed E-state index contributed by atoms with van der Waals surface area (Å²) in [5, 5.41) is 7.42. The second-order valence-corrected chi connectivity index (χ2v) is 18.1. The molecule has 0 spiro atoms. The summed E-state index contributed by atoms with van der Waals surface area (Å²) >= 11 is 0. The van der Waals surface area contributed by atoms with Crippen LogP contribution >= 0.6 is 0 Å². The molecule has 0 unspecified atom stereocenters. The Morgan fingerprint density at radius 2 is 0.743 bits per heavy atom. The molecule has 0 amide bonds. The predicted octanol–water partition coefficient (Wildman–Crippen LogP) is 18.9. The van der Waals surface area contributed by atoms with Crippen molar-refractivity contribution >= 4 is 60.4 Å². The summed E-state index contributed by atoms with van der Waals surface area (Å²) in [7, 11) is 0. The average Bonchev–Trinajstić information content (AvgIpc) is 3.76. The van der Waals surface area contributed by atoms with Crippen LogP contribution in [0.5, 0.6) is 0 Å². The molecule has 1 aromatic heterocycles. The number of para-hydroxylation sites is 2. The van der Waals surface area contributed by atoms with Crippen LogP contribution in [0.25, 0.3) is 105 Å². The number of rotatable bonds is 9. The van der Waals surface area contributed by atoms with E-state index in [1.54, 1.807) is 0 Å². The van der Waals surface area contributed by atoms with E-state index < -0.39 is 0 Å². The summed E-state index contributed by atoms with van der Waals surface area (Å²) in [6.07, 6.45) is 0. The van der Waals surface area contributed by atoms with Crippen LogP contribution < -0.4 is 4.90 Å². The van der Waals surface area contributed by atoms with Crippen molar-refractivity contribution in [2.24, 2.45) is 0 Å². The molecule has 0 aliphatic carbocycles. The minimum Gasteiger partial charge on any atom is -0.309 e. The van der Waals surface area contributed by atoms with E-state index in [4.69, 9.17) is 0 Å². The first kappa shape index (κ1) is 41.0. The van der Waals surface area contributed by atoms with Crippen LogP contribution in [0.2, 0.25) is 0 Å². The lowest BCUT2D eigenvalue weighted by atomic mass is 9.93. The summed E-state index contributed by atoms with van der Waals surface area (Å²) in [5.41, 5.74) is 18.3. The van der Waals surface area contributed by atoms with Crippen molar-refractivity contribution in [3.8, 4) is 61.3 Å². The third kappa shape index (κ3) is 7.31. The number of anilines is 3. The van der Waals surface area contributed by atoms with Gasteiger partial charge in [0.2, 0.25) is 0 Å². The highest BCUT2D eigenvalue weighted by Crippen LogP contribution is 2.48.